The third-order valence-corrected chi connectivity index (χ3v) is 5.21. The smallest absolute Gasteiger partial charge is 0.326 e. The number of carbonyl (C=O) groups excluding carboxylic acids is 1. The molecule has 4 atom stereocenters. The minimum absolute atomic E-state index is 0.131. The van der Waals surface area contributed by atoms with Crippen LogP contribution in [0.1, 0.15) is 39.0 Å². The number of carbonyl (C=O) groups is 1. The van der Waals surface area contributed by atoms with E-state index in [0.717, 1.165) is 38.7 Å². The minimum Gasteiger partial charge on any atom is -0.468 e. The molecule has 5 heteroatoms. The quantitative estimate of drug-likeness (QED) is 0.785. The number of rotatable bonds is 4. The molecule has 2 aliphatic rings. The minimum atomic E-state index is -0.519. The Hall–Kier alpha value is -0.650. The van der Waals surface area contributed by atoms with Gasteiger partial charge in [-0.05, 0) is 53.1 Å². The summed E-state index contributed by atoms with van der Waals surface area (Å²) in [5, 5.41) is 3.22. The van der Waals surface area contributed by atoms with Crippen molar-refractivity contribution in [2.75, 3.05) is 27.8 Å². The van der Waals surface area contributed by atoms with Crippen LogP contribution in [0.15, 0.2) is 0 Å². The number of nitrogens with one attached hydrogen (secondary N) is 1. The number of hydrogen-bond donors (Lipinski definition) is 1. The molecule has 1 saturated heterocycles. The highest BCUT2D eigenvalue weighted by atomic mass is 16.5. The summed E-state index contributed by atoms with van der Waals surface area (Å²) in [6.07, 6.45) is 5.23. The lowest BCUT2D eigenvalue weighted by molar-refractivity contribution is -0.151. The van der Waals surface area contributed by atoms with Crippen molar-refractivity contribution >= 4 is 5.97 Å². The van der Waals surface area contributed by atoms with Gasteiger partial charge in [0.1, 0.15) is 5.54 Å². The molecule has 2 fully saturated rings. The summed E-state index contributed by atoms with van der Waals surface area (Å²) in [6, 6.07) is 0.870. The first-order valence-electron chi connectivity index (χ1n) is 7.65. The predicted octanol–water partition coefficient (Wildman–Crippen LogP) is 1.17. The van der Waals surface area contributed by atoms with Crippen LogP contribution in [0, 0.1) is 0 Å². The molecule has 0 amide bonds. The standard InChI is InChI=1S/C15H28N2O3/c1-11-13(7-9-20-11)17(3)12-6-5-8-15(10-12,16-2)14(18)19-4/h11-13,16H,5-10H2,1-4H3. The first-order valence-corrected chi connectivity index (χ1v) is 7.65. The second kappa shape index (κ2) is 6.41. The zero-order chi connectivity index (χ0) is 14.8. The Bertz CT molecular complexity index is 350. The van der Waals surface area contributed by atoms with Gasteiger partial charge in [-0.3, -0.25) is 9.69 Å². The highest BCUT2D eigenvalue weighted by molar-refractivity contribution is 5.81. The van der Waals surface area contributed by atoms with Gasteiger partial charge < -0.3 is 14.8 Å². The molecule has 0 aromatic heterocycles. The van der Waals surface area contributed by atoms with E-state index in [9.17, 15) is 4.79 Å². The molecule has 1 N–H and O–H groups in total. The summed E-state index contributed by atoms with van der Waals surface area (Å²) in [5.74, 6) is -0.131. The molecule has 0 spiro atoms. The number of ether oxygens (including phenoxy) is 2. The van der Waals surface area contributed by atoms with Gasteiger partial charge in [-0.15, -0.1) is 0 Å². The number of nitrogens with zero attached hydrogens (tertiary/aromatic N) is 1. The maximum absolute atomic E-state index is 12.1. The third kappa shape index (κ3) is 2.85. The van der Waals surface area contributed by atoms with Gasteiger partial charge in [-0.1, -0.05) is 0 Å². The molecule has 20 heavy (non-hydrogen) atoms. The average Bonchev–Trinajstić information content (AvgIpc) is 2.91. The van der Waals surface area contributed by atoms with Gasteiger partial charge in [0.2, 0.25) is 0 Å². The molecule has 1 aliphatic carbocycles. The molecule has 0 aromatic carbocycles. The maximum Gasteiger partial charge on any atom is 0.326 e. The fourth-order valence-electron chi connectivity index (χ4n) is 3.83. The van der Waals surface area contributed by atoms with Gasteiger partial charge in [-0.2, -0.15) is 0 Å². The van der Waals surface area contributed by atoms with Gasteiger partial charge in [0.25, 0.3) is 0 Å². The number of hydrogen-bond acceptors (Lipinski definition) is 5. The van der Waals surface area contributed by atoms with Gasteiger partial charge in [0.05, 0.1) is 13.2 Å². The van der Waals surface area contributed by atoms with Crippen LogP contribution in [0.25, 0.3) is 0 Å². The van der Waals surface area contributed by atoms with Crippen LogP contribution in [0.5, 0.6) is 0 Å². The van der Waals surface area contributed by atoms with E-state index in [1.54, 1.807) is 0 Å². The molecule has 0 radical (unpaired) electrons. The van der Waals surface area contributed by atoms with Crippen LogP contribution < -0.4 is 5.32 Å². The number of esters is 1. The van der Waals surface area contributed by atoms with Gasteiger partial charge >= 0.3 is 5.97 Å². The molecule has 116 valence electrons. The largest absolute Gasteiger partial charge is 0.468 e. The van der Waals surface area contributed by atoms with Gasteiger partial charge in [-0.25, -0.2) is 0 Å². The topological polar surface area (TPSA) is 50.8 Å². The van der Waals surface area contributed by atoms with E-state index in [1.165, 1.54) is 7.11 Å². The Kier molecular flexibility index (Phi) is 5.04. The van der Waals surface area contributed by atoms with E-state index in [-0.39, 0.29) is 12.1 Å². The Balaban J connectivity index is 2.07. The lowest BCUT2D eigenvalue weighted by Crippen LogP contribution is -2.58. The van der Waals surface area contributed by atoms with Crippen LogP contribution in [0.4, 0.5) is 0 Å². The van der Waals surface area contributed by atoms with E-state index in [1.807, 2.05) is 7.05 Å². The molecule has 2 rings (SSSR count). The normalized spacial score (nSPS) is 38.1. The van der Waals surface area contributed by atoms with E-state index >= 15 is 0 Å². The zero-order valence-electron chi connectivity index (χ0n) is 13.1. The fraction of sp³-hybridized carbons (Fsp3) is 0.933. The predicted molar refractivity (Wildman–Crippen MR) is 77.6 cm³/mol. The summed E-state index contributed by atoms with van der Waals surface area (Å²) in [6.45, 7) is 2.99. The van der Waals surface area contributed by atoms with Crippen molar-refractivity contribution in [3.63, 3.8) is 0 Å². The molecule has 1 heterocycles. The van der Waals surface area contributed by atoms with E-state index in [0.29, 0.717) is 12.1 Å². The summed E-state index contributed by atoms with van der Waals surface area (Å²) < 4.78 is 10.7. The Morgan fingerprint density at radius 3 is 2.75 bits per heavy atom. The Morgan fingerprint density at radius 2 is 2.20 bits per heavy atom. The SMILES string of the molecule is CNC1(C(=O)OC)CCCC(N(C)C2CCOC2C)C1. The van der Waals surface area contributed by atoms with Crippen molar-refractivity contribution in [3.05, 3.63) is 0 Å². The van der Waals surface area contributed by atoms with Crippen molar-refractivity contribution in [3.8, 4) is 0 Å². The Morgan fingerprint density at radius 1 is 1.45 bits per heavy atom. The molecular weight excluding hydrogens is 256 g/mol. The summed E-state index contributed by atoms with van der Waals surface area (Å²) >= 11 is 0. The van der Waals surface area contributed by atoms with Gasteiger partial charge in [0, 0.05) is 18.7 Å². The van der Waals surface area contributed by atoms with Crippen molar-refractivity contribution in [2.45, 2.75) is 62.8 Å². The molecule has 1 saturated carbocycles. The first-order chi connectivity index (χ1) is 9.54. The van der Waals surface area contributed by atoms with Crippen LogP contribution in [-0.4, -0.2) is 62.4 Å². The maximum atomic E-state index is 12.1. The number of methoxy groups -OCH3 is 1. The van der Waals surface area contributed by atoms with E-state index in [4.69, 9.17) is 9.47 Å². The first kappa shape index (κ1) is 15.7. The van der Waals surface area contributed by atoms with Crippen LogP contribution in [0.3, 0.4) is 0 Å². The molecule has 5 nitrogen and oxygen atoms in total. The van der Waals surface area contributed by atoms with Crippen molar-refractivity contribution in [2.24, 2.45) is 0 Å². The van der Waals surface area contributed by atoms with Gasteiger partial charge in [0.15, 0.2) is 0 Å². The lowest BCUT2D eigenvalue weighted by Gasteiger charge is -2.44. The summed E-state index contributed by atoms with van der Waals surface area (Å²) in [4.78, 5) is 14.6. The van der Waals surface area contributed by atoms with Crippen LogP contribution in [0.2, 0.25) is 0 Å². The monoisotopic (exact) mass is 284 g/mol. The highest BCUT2D eigenvalue weighted by Crippen LogP contribution is 2.34. The lowest BCUT2D eigenvalue weighted by atomic mass is 9.78. The zero-order valence-corrected chi connectivity index (χ0v) is 13.1. The Labute approximate surface area is 122 Å². The van der Waals surface area contributed by atoms with Crippen molar-refractivity contribution in [1.82, 2.24) is 10.2 Å². The molecule has 4 unspecified atom stereocenters. The molecule has 0 aromatic rings. The van der Waals surface area contributed by atoms with Crippen molar-refractivity contribution < 1.29 is 14.3 Å². The average molecular weight is 284 g/mol. The van der Waals surface area contributed by atoms with Crippen molar-refractivity contribution in [1.29, 1.82) is 0 Å². The summed E-state index contributed by atoms with van der Waals surface area (Å²) in [7, 11) is 5.51. The second-order valence-corrected chi connectivity index (χ2v) is 6.17. The summed E-state index contributed by atoms with van der Waals surface area (Å²) in [5.41, 5.74) is -0.519. The second-order valence-electron chi connectivity index (χ2n) is 6.17. The van der Waals surface area contributed by atoms with Crippen LogP contribution in [-0.2, 0) is 14.3 Å². The van der Waals surface area contributed by atoms with Crippen LogP contribution >= 0.6 is 0 Å². The molecule has 0 bridgehead atoms. The highest BCUT2D eigenvalue weighted by Gasteiger charge is 2.45. The molecular formula is C15H28N2O3. The van der Waals surface area contributed by atoms with E-state index < -0.39 is 5.54 Å². The number of likely N-dealkylation sites (N-methyl/N-ethyl adjacent to an activating group) is 2. The van der Waals surface area contributed by atoms with E-state index in [2.05, 4.69) is 24.2 Å². The molecule has 1 aliphatic heterocycles. The third-order valence-electron chi connectivity index (χ3n) is 5.21. The fourth-order valence-corrected chi connectivity index (χ4v) is 3.83.